The summed E-state index contributed by atoms with van der Waals surface area (Å²) in [5.41, 5.74) is 0. The van der Waals surface area contributed by atoms with Gasteiger partial charge in [-0.3, -0.25) is 4.79 Å². The summed E-state index contributed by atoms with van der Waals surface area (Å²) in [5, 5.41) is 13.2. The highest BCUT2D eigenvalue weighted by atomic mass is 16.4. The molecule has 0 aliphatic carbocycles. The number of carboxylic acid groups (broad SMARTS) is 1. The number of hydrogen-bond acceptors (Lipinski definition) is 3. The molecule has 80 valence electrons. The lowest BCUT2D eigenvalue weighted by molar-refractivity contribution is -0.140. The molecule has 0 fully saturated rings. The fourth-order valence-corrected chi connectivity index (χ4v) is 0.857. The number of ketones is 1. The zero-order valence-corrected chi connectivity index (χ0v) is 8.16. The summed E-state index contributed by atoms with van der Waals surface area (Å²) in [7, 11) is 0. The summed E-state index contributed by atoms with van der Waals surface area (Å²) in [5.74, 6) is -1.50. The maximum absolute atomic E-state index is 10.9. The third-order valence-corrected chi connectivity index (χ3v) is 1.43. The van der Waals surface area contributed by atoms with Crippen molar-refractivity contribution in [2.45, 2.75) is 26.3 Å². The molecule has 6 nitrogen and oxygen atoms in total. The number of Topliss-reactive ketones (excluding diaryl/α,β-unsaturated/α-hetero) is 1. The molecule has 0 heterocycles. The van der Waals surface area contributed by atoms with Gasteiger partial charge in [-0.2, -0.15) is 0 Å². The number of aliphatic carboxylic acids is 1. The number of carbonyl (C=O) groups excluding carboxylic acids is 2. The van der Waals surface area contributed by atoms with E-state index in [0.29, 0.717) is 6.54 Å². The van der Waals surface area contributed by atoms with Crippen LogP contribution in [0.1, 0.15) is 20.3 Å². The molecule has 0 radical (unpaired) electrons. The predicted molar refractivity (Wildman–Crippen MR) is 48.9 cm³/mol. The van der Waals surface area contributed by atoms with Gasteiger partial charge in [-0.1, -0.05) is 0 Å². The standard InChI is InChI=1S/C8H14N2O4/c1-3-9-8(14)10-6(7(12)13)4-5(2)11/h6H,3-4H2,1-2H3,(H,12,13)(H2,9,10,14). The molecule has 3 N–H and O–H groups in total. The van der Waals surface area contributed by atoms with Gasteiger partial charge in [-0.15, -0.1) is 0 Å². The molecule has 0 aliphatic heterocycles. The first-order valence-corrected chi connectivity index (χ1v) is 4.24. The number of rotatable bonds is 5. The van der Waals surface area contributed by atoms with E-state index < -0.39 is 18.0 Å². The summed E-state index contributed by atoms with van der Waals surface area (Å²) in [6.07, 6.45) is -0.202. The smallest absolute Gasteiger partial charge is 0.326 e. The van der Waals surface area contributed by atoms with E-state index in [1.54, 1.807) is 6.92 Å². The van der Waals surface area contributed by atoms with Crippen molar-refractivity contribution in [1.82, 2.24) is 10.6 Å². The van der Waals surface area contributed by atoms with E-state index >= 15 is 0 Å². The first kappa shape index (κ1) is 12.4. The molecule has 0 saturated heterocycles. The average molecular weight is 202 g/mol. The van der Waals surface area contributed by atoms with E-state index in [9.17, 15) is 14.4 Å². The minimum absolute atomic E-state index is 0.202. The van der Waals surface area contributed by atoms with Gasteiger partial charge in [0.15, 0.2) is 0 Å². The first-order chi connectivity index (χ1) is 6.47. The lowest BCUT2D eigenvalue weighted by atomic mass is 10.1. The second-order valence-corrected chi connectivity index (χ2v) is 2.80. The molecule has 1 atom stereocenters. The second kappa shape index (κ2) is 5.95. The fourth-order valence-electron chi connectivity index (χ4n) is 0.857. The predicted octanol–water partition coefficient (Wildman–Crippen LogP) is -0.262. The molecule has 0 aromatic carbocycles. The molecule has 0 spiro atoms. The van der Waals surface area contributed by atoms with Crippen LogP contribution in [0.3, 0.4) is 0 Å². The molecule has 0 aliphatic rings. The molecule has 1 unspecified atom stereocenters. The van der Waals surface area contributed by atoms with E-state index in [4.69, 9.17) is 5.11 Å². The Bertz CT molecular complexity index is 239. The molecule has 2 amide bonds. The van der Waals surface area contributed by atoms with Crippen molar-refractivity contribution in [2.75, 3.05) is 6.54 Å². The van der Waals surface area contributed by atoms with Crippen LogP contribution in [0.15, 0.2) is 0 Å². The molecule has 0 saturated carbocycles. The molecule has 0 bridgehead atoms. The maximum atomic E-state index is 10.9. The Hall–Kier alpha value is -1.59. The Morgan fingerprint density at radius 2 is 1.93 bits per heavy atom. The Balaban J connectivity index is 4.16. The summed E-state index contributed by atoms with van der Waals surface area (Å²) in [6.45, 7) is 3.38. The molecular weight excluding hydrogens is 188 g/mol. The topological polar surface area (TPSA) is 95.5 Å². The van der Waals surface area contributed by atoms with E-state index in [1.165, 1.54) is 6.92 Å². The summed E-state index contributed by atoms with van der Waals surface area (Å²) in [4.78, 5) is 32.2. The Morgan fingerprint density at radius 3 is 2.29 bits per heavy atom. The Labute approximate surface area is 81.7 Å². The first-order valence-electron chi connectivity index (χ1n) is 4.24. The number of hydrogen-bond donors (Lipinski definition) is 3. The largest absolute Gasteiger partial charge is 0.480 e. The number of urea groups is 1. The molecule has 0 aromatic rings. The van der Waals surface area contributed by atoms with Crippen LogP contribution in [0.2, 0.25) is 0 Å². The number of amides is 2. The zero-order valence-electron chi connectivity index (χ0n) is 8.16. The van der Waals surface area contributed by atoms with Gasteiger partial charge in [0.1, 0.15) is 11.8 Å². The van der Waals surface area contributed by atoms with Crippen molar-refractivity contribution in [3.63, 3.8) is 0 Å². The Kier molecular flexibility index (Phi) is 5.28. The lowest BCUT2D eigenvalue weighted by Crippen LogP contribution is -2.46. The van der Waals surface area contributed by atoms with Gasteiger partial charge in [-0.05, 0) is 13.8 Å². The van der Waals surface area contributed by atoms with Crippen LogP contribution in [0.5, 0.6) is 0 Å². The Morgan fingerprint density at radius 1 is 1.36 bits per heavy atom. The van der Waals surface area contributed by atoms with Crippen LogP contribution in [0.25, 0.3) is 0 Å². The van der Waals surface area contributed by atoms with Crippen LogP contribution < -0.4 is 10.6 Å². The third kappa shape index (κ3) is 5.13. The van der Waals surface area contributed by atoms with Crippen LogP contribution in [0.4, 0.5) is 4.79 Å². The average Bonchev–Trinajstić information content (AvgIpc) is 2.02. The van der Waals surface area contributed by atoms with E-state index in [-0.39, 0.29) is 12.2 Å². The van der Waals surface area contributed by atoms with Crippen LogP contribution in [-0.2, 0) is 9.59 Å². The van der Waals surface area contributed by atoms with Crippen LogP contribution in [-0.4, -0.2) is 35.5 Å². The van der Waals surface area contributed by atoms with E-state index in [0.717, 1.165) is 0 Å². The molecule has 0 aromatic heterocycles. The molecular formula is C8H14N2O4. The summed E-state index contributed by atoms with van der Waals surface area (Å²) < 4.78 is 0. The van der Waals surface area contributed by atoms with Crippen molar-refractivity contribution in [2.24, 2.45) is 0 Å². The van der Waals surface area contributed by atoms with Gasteiger partial charge >= 0.3 is 12.0 Å². The number of carboxylic acids is 1. The number of nitrogens with one attached hydrogen (secondary N) is 2. The summed E-state index contributed by atoms with van der Waals surface area (Å²) >= 11 is 0. The lowest BCUT2D eigenvalue weighted by Gasteiger charge is -2.12. The van der Waals surface area contributed by atoms with Gasteiger partial charge in [0.25, 0.3) is 0 Å². The molecule has 6 heteroatoms. The van der Waals surface area contributed by atoms with Gasteiger partial charge in [-0.25, -0.2) is 9.59 Å². The van der Waals surface area contributed by atoms with Gasteiger partial charge in [0, 0.05) is 13.0 Å². The minimum atomic E-state index is -1.22. The maximum Gasteiger partial charge on any atom is 0.326 e. The van der Waals surface area contributed by atoms with Gasteiger partial charge in [0.2, 0.25) is 0 Å². The van der Waals surface area contributed by atoms with Crippen LogP contribution in [0, 0.1) is 0 Å². The monoisotopic (exact) mass is 202 g/mol. The highest BCUT2D eigenvalue weighted by Crippen LogP contribution is 1.93. The summed E-state index contributed by atoms with van der Waals surface area (Å²) in [6, 6.07) is -1.74. The number of carbonyl (C=O) groups is 3. The zero-order chi connectivity index (χ0) is 11.1. The normalized spacial score (nSPS) is 11.6. The molecule has 14 heavy (non-hydrogen) atoms. The fraction of sp³-hybridized carbons (Fsp3) is 0.625. The van der Waals surface area contributed by atoms with Crippen molar-refractivity contribution in [3.8, 4) is 0 Å². The second-order valence-electron chi connectivity index (χ2n) is 2.80. The van der Waals surface area contributed by atoms with Crippen molar-refractivity contribution < 1.29 is 19.5 Å². The van der Waals surface area contributed by atoms with Crippen molar-refractivity contribution in [1.29, 1.82) is 0 Å². The van der Waals surface area contributed by atoms with E-state index in [2.05, 4.69) is 10.6 Å². The third-order valence-electron chi connectivity index (χ3n) is 1.43. The van der Waals surface area contributed by atoms with Crippen LogP contribution >= 0.6 is 0 Å². The highest BCUT2D eigenvalue weighted by Gasteiger charge is 2.20. The van der Waals surface area contributed by atoms with E-state index in [1.807, 2.05) is 0 Å². The molecule has 0 rings (SSSR count). The minimum Gasteiger partial charge on any atom is -0.480 e. The van der Waals surface area contributed by atoms with Gasteiger partial charge < -0.3 is 15.7 Å². The SMILES string of the molecule is CCNC(=O)NC(CC(C)=O)C(=O)O. The van der Waals surface area contributed by atoms with Crippen molar-refractivity contribution in [3.05, 3.63) is 0 Å². The van der Waals surface area contributed by atoms with Gasteiger partial charge in [0.05, 0.1) is 0 Å². The quantitative estimate of drug-likeness (QED) is 0.572. The van der Waals surface area contributed by atoms with Crippen molar-refractivity contribution >= 4 is 17.8 Å². The highest BCUT2D eigenvalue weighted by molar-refractivity contribution is 5.88.